The molecule has 1 saturated heterocycles. The van der Waals surface area contributed by atoms with E-state index in [4.69, 9.17) is 14.6 Å². The lowest BCUT2D eigenvalue weighted by Gasteiger charge is -2.39. The van der Waals surface area contributed by atoms with Crippen LogP contribution in [0.4, 0.5) is 0 Å². The van der Waals surface area contributed by atoms with Crippen LogP contribution in [0.3, 0.4) is 0 Å². The first-order chi connectivity index (χ1) is 8.51. The molecule has 0 aliphatic carbocycles. The van der Waals surface area contributed by atoms with E-state index < -0.39 is 43.3 Å². The zero-order valence-electron chi connectivity index (χ0n) is 9.93. The van der Waals surface area contributed by atoms with Crippen molar-refractivity contribution in [1.82, 2.24) is 0 Å². The molecule has 0 unspecified atom stereocenters. The number of esters is 1. The number of ether oxygens (including phenoxy) is 3. The fourth-order valence-electron chi connectivity index (χ4n) is 1.63. The lowest BCUT2D eigenvalue weighted by atomic mass is 9.99. The zero-order chi connectivity index (χ0) is 13.7. The molecule has 1 aliphatic heterocycles. The third-order valence-corrected chi connectivity index (χ3v) is 2.69. The fourth-order valence-corrected chi connectivity index (χ4v) is 1.63. The minimum atomic E-state index is -1.49. The second-order valence-corrected chi connectivity index (χ2v) is 3.89. The molecule has 18 heavy (non-hydrogen) atoms. The molecule has 0 saturated carbocycles. The van der Waals surface area contributed by atoms with Gasteiger partial charge in [-0.3, -0.25) is 4.79 Å². The fraction of sp³-hybridized carbons (Fsp3) is 0.900. The standard InChI is InChI=1S/C10H18O8/c1-16-6(12)2-3-17-9-8(14)7(13)5(4-11)18-10(9)15/h5,7-11,13-15H,2-4H2,1H3/t5-,7-,8+,9+,10+/m1/s1. The summed E-state index contributed by atoms with van der Waals surface area (Å²) < 4.78 is 14.3. The number of hydrogen-bond donors (Lipinski definition) is 4. The summed E-state index contributed by atoms with van der Waals surface area (Å²) in [6.45, 7) is -0.629. The highest BCUT2D eigenvalue weighted by Gasteiger charge is 2.44. The Labute approximate surface area is 104 Å². The molecule has 0 amide bonds. The number of carbonyl (C=O) groups is 1. The molecule has 8 nitrogen and oxygen atoms in total. The molecule has 106 valence electrons. The summed E-state index contributed by atoms with van der Waals surface area (Å²) in [7, 11) is 1.23. The van der Waals surface area contributed by atoms with Gasteiger partial charge in [-0.1, -0.05) is 0 Å². The summed E-state index contributed by atoms with van der Waals surface area (Å²) in [6, 6.07) is 0. The molecule has 8 heteroatoms. The van der Waals surface area contributed by atoms with Crippen LogP contribution in [-0.2, 0) is 19.0 Å². The minimum absolute atomic E-state index is 0.0496. The van der Waals surface area contributed by atoms with Crippen LogP contribution in [0.5, 0.6) is 0 Å². The minimum Gasteiger partial charge on any atom is -0.469 e. The molecular weight excluding hydrogens is 248 g/mol. The number of methoxy groups -OCH3 is 1. The Hall–Kier alpha value is -0.770. The molecule has 0 aromatic carbocycles. The van der Waals surface area contributed by atoms with Gasteiger partial charge >= 0.3 is 5.97 Å². The van der Waals surface area contributed by atoms with Gasteiger partial charge in [0.1, 0.15) is 24.4 Å². The van der Waals surface area contributed by atoms with Crippen LogP contribution < -0.4 is 0 Å². The lowest BCUT2D eigenvalue weighted by Crippen LogP contribution is -2.59. The zero-order valence-corrected chi connectivity index (χ0v) is 9.93. The summed E-state index contributed by atoms with van der Waals surface area (Å²) in [5.41, 5.74) is 0. The predicted molar refractivity (Wildman–Crippen MR) is 56.4 cm³/mol. The van der Waals surface area contributed by atoms with E-state index in [2.05, 4.69) is 4.74 Å². The molecule has 0 bridgehead atoms. The predicted octanol–water partition coefficient (Wildman–Crippen LogP) is -2.63. The molecule has 4 N–H and O–H groups in total. The van der Waals surface area contributed by atoms with Gasteiger partial charge in [0.2, 0.25) is 0 Å². The second-order valence-electron chi connectivity index (χ2n) is 3.89. The van der Waals surface area contributed by atoms with Gasteiger partial charge in [0, 0.05) is 0 Å². The van der Waals surface area contributed by atoms with Crippen LogP contribution >= 0.6 is 0 Å². The van der Waals surface area contributed by atoms with Gasteiger partial charge in [-0.05, 0) is 0 Å². The van der Waals surface area contributed by atoms with E-state index in [0.29, 0.717) is 0 Å². The number of rotatable bonds is 5. The molecular formula is C10H18O8. The van der Waals surface area contributed by atoms with Crippen molar-refractivity contribution < 1.29 is 39.4 Å². The summed E-state index contributed by atoms with van der Waals surface area (Å²) >= 11 is 0. The van der Waals surface area contributed by atoms with Gasteiger partial charge in [-0.25, -0.2) is 0 Å². The molecule has 0 aromatic heterocycles. The maximum atomic E-state index is 10.8. The molecule has 0 aromatic rings. The summed E-state index contributed by atoms with van der Waals surface area (Å²) in [5.74, 6) is -0.496. The lowest BCUT2D eigenvalue weighted by molar-refractivity contribution is -0.296. The van der Waals surface area contributed by atoms with Gasteiger partial charge < -0.3 is 34.6 Å². The quantitative estimate of drug-likeness (QED) is 0.398. The second kappa shape index (κ2) is 6.98. The van der Waals surface area contributed by atoms with Crippen molar-refractivity contribution in [2.75, 3.05) is 20.3 Å². The Morgan fingerprint density at radius 2 is 1.94 bits per heavy atom. The molecule has 5 atom stereocenters. The SMILES string of the molecule is COC(=O)CCO[C@H]1[C@@H](O)[C@H](O)[C@@H](CO)O[C@@H]1O. The van der Waals surface area contributed by atoms with E-state index in [-0.39, 0.29) is 13.0 Å². The number of carbonyl (C=O) groups excluding carboxylic acids is 1. The van der Waals surface area contributed by atoms with Gasteiger partial charge in [-0.15, -0.1) is 0 Å². The monoisotopic (exact) mass is 266 g/mol. The van der Waals surface area contributed by atoms with Crippen molar-refractivity contribution >= 4 is 5.97 Å². The Morgan fingerprint density at radius 3 is 2.50 bits per heavy atom. The maximum absolute atomic E-state index is 10.8. The average molecular weight is 266 g/mol. The molecule has 1 heterocycles. The van der Waals surface area contributed by atoms with Crippen LogP contribution in [0.15, 0.2) is 0 Å². The topological polar surface area (TPSA) is 126 Å². The van der Waals surface area contributed by atoms with E-state index in [9.17, 15) is 20.1 Å². The van der Waals surface area contributed by atoms with Crippen molar-refractivity contribution in [2.24, 2.45) is 0 Å². The Bertz CT molecular complexity index is 271. The van der Waals surface area contributed by atoms with Gasteiger partial charge in [-0.2, -0.15) is 0 Å². The molecule has 1 rings (SSSR count). The van der Waals surface area contributed by atoms with Crippen molar-refractivity contribution in [3.63, 3.8) is 0 Å². The largest absolute Gasteiger partial charge is 0.469 e. The van der Waals surface area contributed by atoms with E-state index in [0.717, 1.165) is 0 Å². The Morgan fingerprint density at radius 1 is 1.28 bits per heavy atom. The van der Waals surface area contributed by atoms with Crippen molar-refractivity contribution in [2.45, 2.75) is 37.1 Å². The van der Waals surface area contributed by atoms with Gasteiger partial charge in [0.05, 0.1) is 26.7 Å². The van der Waals surface area contributed by atoms with Crippen LogP contribution in [-0.4, -0.2) is 77.4 Å². The Kier molecular flexibility index (Phi) is 5.93. The van der Waals surface area contributed by atoms with Crippen LogP contribution in [0.25, 0.3) is 0 Å². The molecule has 1 fully saturated rings. The number of aliphatic hydroxyl groups excluding tert-OH is 4. The van der Waals surface area contributed by atoms with E-state index in [1.807, 2.05) is 0 Å². The maximum Gasteiger partial charge on any atom is 0.307 e. The molecule has 0 radical (unpaired) electrons. The average Bonchev–Trinajstić information content (AvgIpc) is 2.37. The van der Waals surface area contributed by atoms with Crippen LogP contribution in [0, 0.1) is 0 Å². The number of aliphatic hydroxyl groups is 4. The highest BCUT2D eigenvalue weighted by Crippen LogP contribution is 2.22. The first-order valence-electron chi connectivity index (χ1n) is 5.50. The summed E-state index contributed by atoms with van der Waals surface area (Å²) in [5, 5.41) is 37.6. The normalized spacial score (nSPS) is 36.4. The highest BCUT2D eigenvalue weighted by atomic mass is 16.7. The van der Waals surface area contributed by atoms with E-state index >= 15 is 0 Å². The smallest absolute Gasteiger partial charge is 0.307 e. The van der Waals surface area contributed by atoms with Crippen LogP contribution in [0.2, 0.25) is 0 Å². The third kappa shape index (κ3) is 3.61. The molecule has 1 aliphatic rings. The van der Waals surface area contributed by atoms with Gasteiger partial charge in [0.15, 0.2) is 6.29 Å². The highest BCUT2D eigenvalue weighted by molar-refractivity contribution is 5.69. The van der Waals surface area contributed by atoms with Crippen molar-refractivity contribution in [1.29, 1.82) is 0 Å². The first-order valence-corrected chi connectivity index (χ1v) is 5.50. The summed E-state index contributed by atoms with van der Waals surface area (Å²) in [4.78, 5) is 10.8. The van der Waals surface area contributed by atoms with E-state index in [1.54, 1.807) is 0 Å². The molecule has 0 spiro atoms. The van der Waals surface area contributed by atoms with Gasteiger partial charge in [0.25, 0.3) is 0 Å². The third-order valence-electron chi connectivity index (χ3n) is 2.69. The van der Waals surface area contributed by atoms with Crippen molar-refractivity contribution in [3.8, 4) is 0 Å². The Balaban J connectivity index is 2.47. The van der Waals surface area contributed by atoms with E-state index in [1.165, 1.54) is 7.11 Å². The van der Waals surface area contributed by atoms with Crippen molar-refractivity contribution in [3.05, 3.63) is 0 Å². The number of hydrogen-bond acceptors (Lipinski definition) is 8. The summed E-state index contributed by atoms with van der Waals surface area (Å²) in [6.07, 6.45) is -6.59. The van der Waals surface area contributed by atoms with Crippen LogP contribution in [0.1, 0.15) is 6.42 Å². The first kappa shape index (κ1) is 15.3.